The zero-order valence-corrected chi connectivity index (χ0v) is 18.7. The molecule has 0 saturated carbocycles. The number of nitriles is 1. The Labute approximate surface area is 188 Å². The van der Waals surface area contributed by atoms with Gasteiger partial charge < -0.3 is 14.6 Å². The van der Waals surface area contributed by atoms with Gasteiger partial charge in [0.1, 0.15) is 11.9 Å². The number of carbonyl (C=O) groups is 2. The molecule has 30 heavy (non-hydrogen) atoms. The zero-order valence-electron chi connectivity index (χ0n) is 16.2. The topological polar surface area (TPSA) is 109 Å². The van der Waals surface area contributed by atoms with Crippen LogP contribution < -0.4 is 5.32 Å². The number of benzene rings is 2. The van der Waals surface area contributed by atoms with Crippen molar-refractivity contribution in [2.75, 3.05) is 17.7 Å². The molecular formula is C21H21BrN2O5S. The molecule has 158 valence electrons. The van der Waals surface area contributed by atoms with Crippen molar-refractivity contribution in [1.82, 2.24) is 0 Å². The van der Waals surface area contributed by atoms with Crippen LogP contribution >= 0.6 is 28.6 Å². The van der Waals surface area contributed by atoms with Crippen molar-refractivity contribution >= 4 is 46.3 Å². The number of rotatable bonds is 8. The molecule has 0 spiro atoms. The molecule has 2 rings (SSSR count). The van der Waals surface area contributed by atoms with Crippen LogP contribution in [0, 0.1) is 17.2 Å². The largest absolute Gasteiger partial charge is 0.508 e. The van der Waals surface area contributed by atoms with Crippen molar-refractivity contribution in [1.29, 1.82) is 5.26 Å². The van der Waals surface area contributed by atoms with E-state index in [4.69, 9.17) is 14.7 Å². The third kappa shape index (κ3) is 6.97. The molecule has 0 aliphatic carbocycles. The summed E-state index contributed by atoms with van der Waals surface area (Å²) in [5.41, 5.74) is 1.36. The number of esters is 1. The number of amides is 1. The smallest absolute Gasteiger partial charge is 0.412 e. The van der Waals surface area contributed by atoms with Gasteiger partial charge >= 0.3 is 12.1 Å². The number of hydrogen-bond acceptors (Lipinski definition) is 7. The van der Waals surface area contributed by atoms with Gasteiger partial charge in [-0.05, 0) is 48.9 Å². The van der Waals surface area contributed by atoms with Crippen LogP contribution in [0.25, 0.3) is 0 Å². The predicted octanol–water partition coefficient (Wildman–Crippen LogP) is 4.82. The maximum absolute atomic E-state index is 12.5. The van der Waals surface area contributed by atoms with E-state index < -0.39 is 18.2 Å². The summed E-state index contributed by atoms with van der Waals surface area (Å²) in [6.07, 6.45) is -1.11. The lowest BCUT2D eigenvalue weighted by Crippen LogP contribution is -2.23. The van der Waals surface area contributed by atoms with Crippen LogP contribution in [0.4, 0.5) is 10.5 Å². The molecule has 0 aromatic heterocycles. The number of thiol groups is 1. The van der Waals surface area contributed by atoms with Crippen molar-refractivity contribution in [3.63, 3.8) is 0 Å². The minimum Gasteiger partial charge on any atom is -0.508 e. The fourth-order valence-corrected chi connectivity index (χ4v) is 3.16. The Kier molecular flexibility index (Phi) is 9.02. The molecule has 0 fully saturated rings. The summed E-state index contributed by atoms with van der Waals surface area (Å²) in [7, 11) is 0. The van der Waals surface area contributed by atoms with Gasteiger partial charge in [-0.3, -0.25) is 10.1 Å². The predicted molar refractivity (Wildman–Crippen MR) is 118 cm³/mol. The average Bonchev–Trinajstić information content (AvgIpc) is 2.74. The van der Waals surface area contributed by atoms with Gasteiger partial charge in [0.15, 0.2) is 0 Å². The Morgan fingerprint density at radius 3 is 2.60 bits per heavy atom. The number of halogens is 1. The van der Waals surface area contributed by atoms with Crippen LogP contribution in [0.5, 0.6) is 5.75 Å². The quantitative estimate of drug-likeness (QED) is 0.360. The van der Waals surface area contributed by atoms with Crippen LogP contribution in [0.1, 0.15) is 30.6 Å². The molecule has 0 radical (unpaired) electrons. The van der Waals surface area contributed by atoms with Crippen molar-refractivity contribution in [2.45, 2.75) is 19.4 Å². The Morgan fingerprint density at radius 2 is 1.97 bits per heavy atom. The first-order chi connectivity index (χ1) is 14.3. The first-order valence-electron chi connectivity index (χ1n) is 9.06. The van der Waals surface area contributed by atoms with E-state index in [1.807, 2.05) is 13.0 Å². The highest BCUT2D eigenvalue weighted by atomic mass is 79.9. The van der Waals surface area contributed by atoms with E-state index in [2.05, 4.69) is 33.9 Å². The molecule has 7 nitrogen and oxygen atoms in total. The van der Waals surface area contributed by atoms with Crippen molar-refractivity contribution in [2.24, 2.45) is 5.92 Å². The summed E-state index contributed by atoms with van der Waals surface area (Å²) in [6.45, 7) is 1.96. The monoisotopic (exact) mass is 492 g/mol. The number of hydrogen-bond donors (Lipinski definition) is 3. The van der Waals surface area contributed by atoms with E-state index >= 15 is 0 Å². The summed E-state index contributed by atoms with van der Waals surface area (Å²) >= 11 is 7.22. The fourth-order valence-electron chi connectivity index (χ4n) is 2.69. The third-order valence-corrected chi connectivity index (χ3v) is 5.02. The molecule has 0 aliphatic rings. The summed E-state index contributed by atoms with van der Waals surface area (Å²) in [4.78, 5) is 23.8. The number of nitrogens with zero attached hydrogens (tertiary/aromatic N) is 1. The Bertz CT molecular complexity index is 930. The van der Waals surface area contributed by atoms with Gasteiger partial charge in [-0.1, -0.05) is 22.9 Å². The first-order valence-corrected chi connectivity index (χ1v) is 10.5. The van der Waals surface area contributed by atoms with E-state index in [-0.39, 0.29) is 24.0 Å². The maximum atomic E-state index is 12.5. The number of aromatic hydroxyl groups is 1. The zero-order chi connectivity index (χ0) is 22.1. The van der Waals surface area contributed by atoms with Crippen LogP contribution in [-0.2, 0) is 14.3 Å². The lowest BCUT2D eigenvalue weighted by Gasteiger charge is -2.25. The highest BCUT2D eigenvalue weighted by molar-refractivity contribution is 9.10. The molecule has 0 heterocycles. The minimum atomic E-state index is -0.796. The standard InChI is InChI=1S/C21H21BrN2O5S/c1-13(8-9-28-19(26)12-30)20(17-10-15(22)4-7-18(17)25)29-21(27)24-16-5-2-14(11-23)3-6-16/h2-7,10,13,20,25,30H,8-9,12H2,1H3,(H,24,27)/t13-,20-/m1/s1. The Balaban J connectivity index is 2.15. The second-order valence-corrected chi connectivity index (χ2v) is 7.72. The average molecular weight is 493 g/mol. The second kappa shape index (κ2) is 11.5. The number of nitrogens with one attached hydrogen (secondary N) is 1. The van der Waals surface area contributed by atoms with E-state index in [0.29, 0.717) is 27.7 Å². The van der Waals surface area contributed by atoms with E-state index in [1.165, 1.54) is 6.07 Å². The van der Waals surface area contributed by atoms with Gasteiger partial charge in [-0.15, -0.1) is 0 Å². The number of anilines is 1. The molecule has 9 heteroatoms. The highest BCUT2D eigenvalue weighted by Crippen LogP contribution is 2.36. The summed E-state index contributed by atoms with van der Waals surface area (Å²) in [5.74, 6) is -0.752. The molecule has 0 aliphatic heterocycles. The molecule has 2 N–H and O–H groups in total. The van der Waals surface area contributed by atoms with Crippen LogP contribution in [0.15, 0.2) is 46.9 Å². The van der Waals surface area contributed by atoms with Gasteiger partial charge in [0, 0.05) is 21.6 Å². The molecular weight excluding hydrogens is 472 g/mol. The van der Waals surface area contributed by atoms with E-state index in [1.54, 1.807) is 36.4 Å². The lowest BCUT2D eigenvalue weighted by atomic mass is 9.94. The molecule has 1 amide bonds. The number of phenolic OH excluding ortho intramolecular Hbond substituents is 1. The molecule has 0 bridgehead atoms. The summed E-state index contributed by atoms with van der Waals surface area (Å²) in [5, 5.41) is 21.8. The number of phenols is 1. The SMILES string of the molecule is C[C@H](CCOC(=O)CS)[C@@H](OC(=O)Nc1ccc(C#N)cc1)c1cc(Br)ccc1O. The molecule has 0 saturated heterocycles. The summed E-state index contributed by atoms with van der Waals surface area (Å²) in [6, 6.07) is 13.2. The Hall–Kier alpha value is -2.70. The Morgan fingerprint density at radius 1 is 1.27 bits per heavy atom. The van der Waals surface area contributed by atoms with Crippen molar-refractivity contribution in [3.8, 4) is 11.8 Å². The number of carbonyl (C=O) groups excluding carboxylic acids is 2. The van der Waals surface area contributed by atoms with Gasteiger partial charge in [0.25, 0.3) is 0 Å². The van der Waals surface area contributed by atoms with Gasteiger partial charge in [0.2, 0.25) is 0 Å². The van der Waals surface area contributed by atoms with E-state index in [9.17, 15) is 14.7 Å². The third-order valence-electron chi connectivity index (χ3n) is 4.27. The van der Waals surface area contributed by atoms with Crippen molar-refractivity contribution in [3.05, 3.63) is 58.1 Å². The van der Waals surface area contributed by atoms with E-state index in [0.717, 1.165) is 0 Å². The molecule has 2 aromatic rings. The first kappa shape index (κ1) is 23.6. The molecule has 2 atom stereocenters. The van der Waals surface area contributed by atoms with Crippen molar-refractivity contribution < 1.29 is 24.2 Å². The molecule has 2 aromatic carbocycles. The van der Waals surface area contributed by atoms with Crippen LogP contribution in [0.2, 0.25) is 0 Å². The van der Waals surface area contributed by atoms with Crippen LogP contribution in [-0.4, -0.2) is 29.5 Å². The minimum absolute atomic E-state index is 0.0198. The fraction of sp³-hybridized carbons (Fsp3) is 0.286. The highest BCUT2D eigenvalue weighted by Gasteiger charge is 2.27. The number of ether oxygens (including phenoxy) is 2. The summed E-state index contributed by atoms with van der Waals surface area (Å²) < 4.78 is 11.4. The second-order valence-electron chi connectivity index (χ2n) is 6.49. The van der Waals surface area contributed by atoms with Gasteiger partial charge in [-0.2, -0.15) is 17.9 Å². The maximum Gasteiger partial charge on any atom is 0.412 e. The van der Waals surface area contributed by atoms with Crippen LogP contribution in [0.3, 0.4) is 0 Å². The normalized spacial score (nSPS) is 12.3. The van der Waals surface area contributed by atoms with Gasteiger partial charge in [-0.25, -0.2) is 4.79 Å². The van der Waals surface area contributed by atoms with Gasteiger partial charge in [0.05, 0.1) is 24.0 Å². The molecule has 0 unspecified atom stereocenters. The lowest BCUT2D eigenvalue weighted by molar-refractivity contribution is -0.141.